The molecule has 2 aliphatic heterocycles. The highest BCUT2D eigenvalue weighted by Gasteiger charge is 2.51. The molecule has 2 heterocycles. The summed E-state index contributed by atoms with van der Waals surface area (Å²) in [6.45, 7) is 0. The molecule has 0 aromatic rings. The van der Waals surface area contributed by atoms with Crippen LogP contribution in [-0.2, 0) is 9.93 Å². The summed E-state index contributed by atoms with van der Waals surface area (Å²) in [7, 11) is -1.30. The Balaban J connectivity index is 2.42. The third-order valence-electron chi connectivity index (χ3n) is 1.89. The van der Waals surface area contributed by atoms with Gasteiger partial charge in [-0.05, 0) is 6.42 Å². The van der Waals surface area contributed by atoms with E-state index in [9.17, 15) is 4.21 Å². The first-order chi connectivity index (χ1) is 2.81. The number of thiol groups is 1. The van der Waals surface area contributed by atoms with Crippen molar-refractivity contribution in [3.63, 3.8) is 0 Å². The molecule has 2 heteroatoms. The first kappa shape index (κ1) is 3.19. The Labute approximate surface area is 38.2 Å². The molecule has 2 aliphatic rings. The summed E-state index contributed by atoms with van der Waals surface area (Å²) in [6, 6.07) is 0. The Hall–Kier alpha value is 0.150. The highest BCUT2D eigenvalue weighted by atomic mass is 32.3. The summed E-state index contributed by atoms with van der Waals surface area (Å²) in [4.78, 5) is 0. The zero-order valence-corrected chi connectivity index (χ0v) is 4.45. The molecule has 0 amide bonds. The standard InChI is InChI=1S/C4H8OS/c5-6-2-1-4(6)3-6/h4,6H,1-3H2. The van der Waals surface area contributed by atoms with Gasteiger partial charge in [-0.3, -0.25) is 4.21 Å². The topological polar surface area (TPSA) is 17.1 Å². The second-order valence-electron chi connectivity index (χ2n) is 2.30. The highest BCUT2D eigenvalue weighted by Crippen LogP contribution is 2.44. The van der Waals surface area contributed by atoms with Crippen LogP contribution in [-0.4, -0.2) is 21.0 Å². The van der Waals surface area contributed by atoms with Crippen molar-refractivity contribution in [2.45, 2.75) is 11.7 Å². The molecule has 0 aromatic carbocycles. The predicted molar refractivity (Wildman–Crippen MR) is 27.7 cm³/mol. The van der Waals surface area contributed by atoms with Gasteiger partial charge in [0.15, 0.2) is 0 Å². The van der Waals surface area contributed by atoms with E-state index in [0.29, 0.717) is 0 Å². The summed E-state index contributed by atoms with van der Waals surface area (Å²) in [5.74, 6) is 2.19. The molecule has 1 atom stereocenters. The highest BCUT2D eigenvalue weighted by molar-refractivity contribution is 8.11. The van der Waals surface area contributed by atoms with Crippen LogP contribution >= 0.6 is 0 Å². The van der Waals surface area contributed by atoms with Gasteiger partial charge in [-0.1, -0.05) is 9.93 Å². The third kappa shape index (κ3) is 0.179. The van der Waals surface area contributed by atoms with Crippen LogP contribution in [0.15, 0.2) is 0 Å². The fourth-order valence-corrected chi connectivity index (χ4v) is 3.82. The average molecular weight is 104 g/mol. The van der Waals surface area contributed by atoms with Crippen molar-refractivity contribution in [1.29, 1.82) is 0 Å². The maximum Gasteiger partial charge on any atom is 0.0232 e. The Kier molecular flexibility index (Phi) is 0.320. The largest absolute Gasteiger partial charge is 0.284 e. The van der Waals surface area contributed by atoms with Crippen molar-refractivity contribution in [2.24, 2.45) is 0 Å². The van der Waals surface area contributed by atoms with E-state index < -0.39 is 9.93 Å². The van der Waals surface area contributed by atoms with E-state index in [2.05, 4.69) is 0 Å². The molecular weight excluding hydrogens is 96.1 g/mol. The molecule has 36 valence electrons. The van der Waals surface area contributed by atoms with Gasteiger partial charge in [0.25, 0.3) is 0 Å². The molecule has 0 bridgehead atoms. The number of fused-ring (bicyclic) bond motifs is 1. The van der Waals surface area contributed by atoms with E-state index in [1.54, 1.807) is 0 Å². The van der Waals surface area contributed by atoms with E-state index in [1.807, 2.05) is 0 Å². The summed E-state index contributed by atoms with van der Waals surface area (Å²) in [5, 5.41) is 0.734. The maximum absolute atomic E-state index is 10.7. The minimum atomic E-state index is -1.30. The van der Waals surface area contributed by atoms with Gasteiger partial charge in [-0.25, -0.2) is 0 Å². The van der Waals surface area contributed by atoms with Gasteiger partial charge in [0.2, 0.25) is 0 Å². The first-order valence-corrected chi connectivity index (χ1v) is 4.54. The lowest BCUT2D eigenvalue weighted by atomic mass is 10.4. The third-order valence-corrected chi connectivity index (χ3v) is 5.27. The summed E-state index contributed by atoms with van der Waals surface area (Å²) < 4.78 is 10.7. The SMILES string of the molecule is O=[SH]12CCC1C2. The van der Waals surface area contributed by atoms with Crippen molar-refractivity contribution < 1.29 is 4.21 Å². The van der Waals surface area contributed by atoms with Crippen molar-refractivity contribution in [3.8, 4) is 0 Å². The van der Waals surface area contributed by atoms with Gasteiger partial charge in [0.05, 0.1) is 0 Å². The predicted octanol–water partition coefficient (Wildman–Crippen LogP) is -0.211. The van der Waals surface area contributed by atoms with Crippen molar-refractivity contribution in [2.75, 3.05) is 11.5 Å². The molecule has 1 nitrogen and oxygen atoms in total. The van der Waals surface area contributed by atoms with Crippen LogP contribution in [0.25, 0.3) is 0 Å². The summed E-state index contributed by atoms with van der Waals surface area (Å²) >= 11 is 0. The lowest BCUT2D eigenvalue weighted by molar-refractivity contribution is 0.670. The Morgan fingerprint density at radius 2 is 2.33 bits per heavy atom. The van der Waals surface area contributed by atoms with Crippen LogP contribution in [0.5, 0.6) is 0 Å². The quantitative estimate of drug-likeness (QED) is 0.332. The fourth-order valence-electron chi connectivity index (χ4n) is 1.09. The van der Waals surface area contributed by atoms with Crippen LogP contribution in [0, 0.1) is 0 Å². The summed E-state index contributed by atoms with van der Waals surface area (Å²) in [6.07, 6.45) is 1.28. The molecule has 0 aliphatic carbocycles. The van der Waals surface area contributed by atoms with Gasteiger partial charge in [0.1, 0.15) is 0 Å². The van der Waals surface area contributed by atoms with Gasteiger partial charge < -0.3 is 0 Å². The van der Waals surface area contributed by atoms with Crippen molar-refractivity contribution >= 4 is 9.93 Å². The first-order valence-electron chi connectivity index (χ1n) is 2.39. The molecule has 0 aromatic heterocycles. The molecule has 2 saturated heterocycles. The zero-order chi connectivity index (χ0) is 4.20. The number of rotatable bonds is 0. The lowest BCUT2D eigenvalue weighted by Gasteiger charge is -2.11. The molecule has 0 radical (unpaired) electrons. The lowest BCUT2D eigenvalue weighted by Crippen LogP contribution is -2.15. The van der Waals surface area contributed by atoms with Gasteiger partial charge in [-0.2, -0.15) is 0 Å². The molecule has 1 unspecified atom stereocenters. The second-order valence-corrected chi connectivity index (χ2v) is 5.75. The molecule has 2 fully saturated rings. The Bertz CT molecular complexity index is 124. The minimum Gasteiger partial charge on any atom is -0.284 e. The molecule has 6 heavy (non-hydrogen) atoms. The summed E-state index contributed by atoms with van der Waals surface area (Å²) in [5.41, 5.74) is 0. The second kappa shape index (κ2) is 0.601. The maximum atomic E-state index is 10.7. The average Bonchev–Trinajstić information content (AvgIpc) is 1.88. The number of hydrogen-bond acceptors (Lipinski definition) is 1. The van der Waals surface area contributed by atoms with Gasteiger partial charge >= 0.3 is 0 Å². The van der Waals surface area contributed by atoms with Crippen LogP contribution < -0.4 is 0 Å². The normalized spacial score (nSPS) is 51.7. The van der Waals surface area contributed by atoms with Crippen LogP contribution in [0.2, 0.25) is 0 Å². The van der Waals surface area contributed by atoms with E-state index in [0.717, 1.165) is 16.8 Å². The smallest absolute Gasteiger partial charge is 0.0232 e. The van der Waals surface area contributed by atoms with Crippen LogP contribution in [0.4, 0.5) is 0 Å². The number of hydrogen-bond donors (Lipinski definition) is 1. The van der Waals surface area contributed by atoms with E-state index >= 15 is 0 Å². The molecule has 0 N–H and O–H groups in total. The molecule has 0 spiro atoms. The fraction of sp³-hybridized carbons (Fsp3) is 1.00. The van der Waals surface area contributed by atoms with Gasteiger partial charge in [0, 0.05) is 16.8 Å². The van der Waals surface area contributed by atoms with Crippen LogP contribution in [0.3, 0.4) is 0 Å². The van der Waals surface area contributed by atoms with E-state index in [1.165, 1.54) is 6.42 Å². The van der Waals surface area contributed by atoms with E-state index in [4.69, 9.17) is 0 Å². The zero-order valence-electron chi connectivity index (χ0n) is 3.55. The molecule has 2 rings (SSSR count). The van der Waals surface area contributed by atoms with Gasteiger partial charge in [-0.15, -0.1) is 0 Å². The Morgan fingerprint density at radius 1 is 1.67 bits per heavy atom. The van der Waals surface area contributed by atoms with Crippen molar-refractivity contribution in [3.05, 3.63) is 0 Å². The van der Waals surface area contributed by atoms with Crippen molar-refractivity contribution in [1.82, 2.24) is 0 Å². The molecule has 0 saturated carbocycles. The minimum absolute atomic E-state index is 0.734. The van der Waals surface area contributed by atoms with Crippen LogP contribution in [0.1, 0.15) is 6.42 Å². The van der Waals surface area contributed by atoms with E-state index in [-0.39, 0.29) is 0 Å². The Morgan fingerprint density at radius 3 is 2.33 bits per heavy atom. The monoisotopic (exact) mass is 104 g/mol. The molecular formula is C4H8OS.